The van der Waals surface area contributed by atoms with E-state index in [0.29, 0.717) is 5.69 Å². The molecule has 2 aromatic rings. The minimum Gasteiger partial charge on any atom is -0.387 e. The molecule has 0 fully saturated rings. The van der Waals surface area contributed by atoms with Crippen molar-refractivity contribution in [2.75, 3.05) is 17.6 Å². The van der Waals surface area contributed by atoms with Crippen molar-refractivity contribution in [1.82, 2.24) is 0 Å². The Morgan fingerprint density at radius 3 is 2.70 bits per heavy atom. The fraction of sp³-hybridized carbons (Fsp3) is 0.286. The lowest BCUT2D eigenvalue weighted by Gasteiger charge is -2.14. The summed E-state index contributed by atoms with van der Waals surface area (Å²) in [6.45, 7) is 1.89. The molecule has 0 aliphatic carbocycles. The van der Waals surface area contributed by atoms with Crippen LogP contribution >= 0.6 is 11.3 Å². The zero-order valence-corrected chi connectivity index (χ0v) is 12.7. The summed E-state index contributed by atoms with van der Waals surface area (Å²) < 4.78 is 24.0. The standard InChI is InChI=1S/C14H17NO3S2/c1-2-20(17,18)14-6-4-3-5-12(14)15-9-13(16)11-7-8-19-10-11/h3-8,10,13,15-16H,2,9H2,1H3. The van der Waals surface area contributed by atoms with Gasteiger partial charge in [0.15, 0.2) is 9.84 Å². The van der Waals surface area contributed by atoms with Crippen LogP contribution in [0.2, 0.25) is 0 Å². The molecule has 0 saturated carbocycles. The summed E-state index contributed by atoms with van der Waals surface area (Å²) in [5, 5.41) is 16.8. The summed E-state index contributed by atoms with van der Waals surface area (Å²) >= 11 is 1.52. The summed E-state index contributed by atoms with van der Waals surface area (Å²) in [6.07, 6.45) is -0.654. The molecule has 0 saturated heterocycles. The Morgan fingerprint density at radius 2 is 2.05 bits per heavy atom. The zero-order valence-electron chi connectivity index (χ0n) is 11.1. The van der Waals surface area contributed by atoms with Crippen molar-refractivity contribution in [2.45, 2.75) is 17.9 Å². The molecule has 108 valence electrons. The van der Waals surface area contributed by atoms with Crippen LogP contribution in [-0.2, 0) is 9.84 Å². The molecule has 1 unspecified atom stereocenters. The minimum atomic E-state index is -3.27. The first-order chi connectivity index (χ1) is 9.54. The summed E-state index contributed by atoms with van der Waals surface area (Å²) in [4.78, 5) is 0.278. The first kappa shape index (κ1) is 15.0. The molecule has 0 spiro atoms. The molecule has 2 rings (SSSR count). The molecule has 0 aliphatic rings. The van der Waals surface area contributed by atoms with E-state index in [2.05, 4.69) is 5.32 Å². The molecule has 6 heteroatoms. The van der Waals surface area contributed by atoms with Gasteiger partial charge in [0.25, 0.3) is 0 Å². The highest BCUT2D eigenvalue weighted by atomic mass is 32.2. The molecule has 1 aromatic carbocycles. The Morgan fingerprint density at radius 1 is 1.30 bits per heavy atom. The van der Waals surface area contributed by atoms with Gasteiger partial charge in [-0.05, 0) is 34.5 Å². The van der Waals surface area contributed by atoms with Crippen molar-refractivity contribution in [1.29, 1.82) is 0 Å². The number of thiophene rings is 1. The summed E-state index contributed by atoms with van der Waals surface area (Å²) in [6, 6.07) is 8.61. The van der Waals surface area contributed by atoms with E-state index in [1.165, 1.54) is 11.3 Å². The second-order valence-electron chi connectivity index (χ2n) is 4.35. The molecular weight excluding hydrogens is 294 g/mol. The predicted molar refractivity (Wildman–Crippen MR) is 81.9 cm³/mol. The van der Waals surface area contributed by atoms with Gasteiger partial charge < -0.3 is 10.4 Å². The van der Waals surface area contributed by atoms with Crippen molar-refractivity contribution in [3.63, 3.8) is 0 Å². The lowest BCUT2D eigenvalue weighted by molar-refractivity contribution is 0.192. The van der Waals surface area contributed by atoms with Gasteiger partial charge in [0, 0.05) is 6.54 Å². The highest BCUT2D eigenvalue weighted by molar-refractivity contribution is 7.91. The van der Waals surface area contributed by atoms with E-state index in [9.17, 15) is 13.5 Å². The first-order valence-corrected chi connectivity index (χ1v) is 8.90. The van der Waals surface area contributed by atoms with Gasteiger partial charge in [-0.25, -0.2) is 8.42 Å². The van der Waals surface area contributed by atoms with Crippen molar-refractivity contribution >= 4 is 26.9 Å². The van der Waals surface area contributed by atoms with E-state index in [4.69, 9.17) is 0 Å². The second kappa shape index (κ2) is 6.39. The van der Waals surface area contributed by atoms with Gasteiger partial charge in [-0.1, -0.05) is 19.1 Å². The van der Waals surface area contributed by atoms with Gasteiger partial charge in [-0.2, -0.15) is 11.3 Å². The Kier molecular flexibility index (Phi) is 4.80. The molecule has 0 bridgehead atoms. The Labute approximate surface area is 123 Å². The number of benzene rings is 1. The minimum absolute atomic E-state index is 0.0543. The van der Waals surface area contributed by atoms with Crippen LogP contribution in [0.5, 0.6) is 0 Å². The maximum atomic E-state index is 12.0. The van der Waals surface area contributed by atoms with E-state index in [1.54, 1.807) is 31.2 Å². The van der Waals surface area contributed by atoms with Crippen LogP contribution in [0.15, 0.2) is 46.0 Å². The molecule has 1 aromatic heterocycles. The number of rotatable bonds is 6. The lowest BCUT2D eigenvalue weighted by Crippen LogP contribution is -2.14. The third-order valence-corrected chi connectivity index (χ3v) is 5.50. The molecule has 0 aliphatic heterocycles. The maximum absolute atomic E-state index is 12.0. The number of anilines is 1. The van der Waals surface area contributed by atoms with Gasteiger partial charge in [0.2, 0.25) is 0 Å². The fourth-order valence-electron chi connectivity index (χ4n) is 1.83. The van der Waals surface area contributed by atoms with Crippen LogP contribution in [0.1, 0.15) is 18.6 Å². The molecule has 0 amide bonds. The topological polar surface area (TPSA) is 66.4 Å². The molecular formula is C14H17NO3S2. The number of hydrogen-bond acceptors (Lipinski definition) is 5. The molecule has 1 heterocycles. The smallest absolute Gasteiger partial charge is 0.180 e. The number of hydrogen-bond donors (Lipinski definition) is 2. The number of aliphatic hydroxyl groups is 1. The number of aliphatic hydroxyl groups excluding tert-OH is 1. The van der Waals surface area contributed by atoms with E-state index < -0.39 is 15.9 Å². The lowest BCUT2D eigenvalue weighted by atomic mass is 10.2. The summed E-state index contributed by atoms with van der Waals surface area (Å²) in [7, 11) is -3.27. The summed E-state index contributed by atoms with van der Waals surface area (Å²) in [5.41, 5.74) is 1.36. The monoisotopic (exact) mass is 311 g/mol. The van der Waals surface area contributed by atoms with Crippen LogP contribution in [0.4, 0.5) is 5.69 Å². The van der Waals surface area contributed by atoms with E-state index in [1.807, 2.05) is 16.8 Å². The van der Waals surface area contributed by atoms with Crippen LogP contribution in [0, 0.1) is 0 Å². The first-order valence-electron chi connectivity index (χ1n) is 6.30. The number of para-hydroxylation sites is 1. The average molecular weight is 311 g/mol. The normalized spacial score (nSPS) is 13.1. The van der Waals surface area contributed by atoms with Crippen LogP contribution in [0.25, 0.3) is 0 Å². The summed E-state index contributed by atoms with van der Waals surface area (Å²) in [5.74, 6) is 0.0543. The second-order valence-corrected chi connectivity index (χ2v) is 7.38. The van der Waals surface area contributed by atoms with Gasteiger partial charge in [-0.3, -0.25) is 0 Å². The van der Waals surface area contributed by atoms with Crippen LogP contribution in [0.3, 0.4) is 0 Å². The molecule has 20 heavy (non-hydrogen) atoms. The Balaban J connectivity index is 2.14. The predicted octanol–water partition coefficient (Wildman–Crippen LogP) is 2.69. The number of sulfone groups is 1. The van der Waals surface area contributed by atoms with Crippen molar-refractivity contribution in [3.05, 3.63) is 46.7 Å². The fourth-order valence-corrected chi connectivity index (χ4v) is 3.61. The van der Waals surface area contributed by atoms with Gasteiger partial charge >= 0.3 is 0 Å². The van der Waals surface area contributed by atoms with Crippen molar-refractivity contribution < 1.29 is 13.5 Å². The highest BCUT2D eigenvalue weighted by Crippen LogP contribution is 2.23. The number of nitrogens with one attached hydrogen (secondary N) is 1. The van der Waals surface area contributed by atoms with Crippen molar-refractivity contribution in [3.8, 4) is 0 Å². The molecule has 4 nitrogen and oxygen atoms in total. The molecule has 1 atom stereocenters. The average Bonchev–Trinajstić information content (AvgIpc) is 2.99. The highest BCUT2D eigenvalue weighted by Gasteiger charge is 2.16. The van der Waals surface area contributed by atoms with Gasteiger partial charge in [-0.15, -0.1) is 0 Å². The third-order valence-electron chi connectivity index (χ3n) is 3.02. The maximum Gasteiger partial charge on any atom is 0.180 e. The Hall–Kier alpha value is -1.37. The quantitative estimate of drug-likeness (QED) is 0.861. The van der Waals surface area contributed by atoms with Crippen LogP contribution < -0.4 is 5.32 Å². The van der Waals surface area contributed by atoms with E-state index in [0.717, 1.165) is 5.56 Å². The third kappa shape index (κ3) is 3.39. The zero-order chi connectivity index (χ0) is 14.6. The largest absolute Gasteiger partial charge is 0.387 e. The Bertz CT molecular complexity index is 651. The van der Waals surface area contributed by atoms with E-state index >= 15 is 0 Å². The van der Waals surface area contributed by atoms with Crippen LogP contribution in [-0.4, -0.2) is 25.8 Å². The van der Waals surface area contributed by atoms with Gasteiger partial charge in [0.1, 0.15) is 0 Å². The van der Waals surface area contributed by atoms with Crippen molar-refractivity contribution in [2.24, 2.45) is 0 Å². The molecule has 2 N–H and O–H groups in total. The molecule has 0 radical (unpaired) electrons. The SMILES string of the molecule is CCS(=O)(=O)c1ccccc1NCC(O)c1ccsc1. The van der Waals surface area contributed by atoms with E-state index in [-0.39, 0.29) is 17.2 Å². The van der Waals surface area contributed by atoms with Gasteiger partial charge in [0.05, 0.1) is 22.4 Å².